The van der Waals surface area contributed by atoms with E-state index in [-0.39, 0.29) is 26.4 Å². The van der Waals surface area contributed by atoms with Crippen LogP contribution in [0.4, 0.5) is 9.18 Å². The van der Waals surface area contributed by atoms with E-state index in [1.807, 2.05) is 0 Å². The van der Waals surface area contributed by atoms with Crippen LogP contribution in [-0.2, 0) is 16.6 Å². The molecule has 1 aromatic heterocycles. The molecule has 5 N–H and O–H groups in total. The number of hydroxylamine groups is 2. The second-order valence-electron chi connectivity index (χ2n) is 5.92. The molecule has 2 amide bonds. The Labute approximate surface area is 169 Å². The summed E-state index contributed by atoms with van der Waals surface area (Å²) in [6, 6.07) is 8.18. The maximum absolute atomic E-state index is 13.5. The van der Waals surface area contributed by atoms with Crippen LogP contribution in [0.2, 0.25) is 5.02 Å². The van der Waals surface area contributed by atoms with Crippen LogP contribution in [0.1, 0.15) is 5.76 Å². The highest BCUT2D eigenvalue weighted by molar-refractivity contribution is 7.89. The average Bonchev–Trinajstić information content (AvgIpc) is 3.06. The van der Waals surface area contributed by atoms with Crippen molar-refractivity contribution < 1.29 is 27.3 Å². The van der Waals surface area contributed by atoms with Crippen molar-refractivity contribution in [3.63, 3.8) is 0 Å². The van der Waals surface area contributed by atoms with Crippen molar-refractivity contribution in [2.75, 3.05) is 0 Å². The van der Waals surface area contributed by atoms with Gasteiger partial charge in [-0.1, -0.05) is 28.9 Å². The molecule has 3 aromatic rings. The third kappa shape index (κ3) is 4.38. The molecule has 0 radical (unpaired) electrons. The lowest BCUT2D eigenvalue weighted by Gasteiger charge is -2.11. The van der Waals surface area contributed by atoms with Gasteiger partial charge in [-0.3, -0.25) is 5.21 Å². The van der Waals surface area contributed by atoms with Crippen LogP contribution in [-0.4, -0.2) is 29.9 Å². The molecule has 0 unspecified atom stereocenters. The third-order valence-electron chi connectivity index (χ3n) is 3.98. The molecule has 12 heteroatoms. The molecule has 0 aliphatic carbocycles. The van der Waals surface area contributed by atoms with Crippen molar-refractivity contribution in [1.29, 1.82) is 0 Å². The minimum absolute atomic E-state index is 0.0464. The van der Waals surface area contributed by atoms with E-state index in [1.54, 1.807) is 0 Å². The summed E-state index contributed by atoms with van der Waals surface area (Å²) in [4.78, 5) is 11.0. The lowest BCUT2D eigenvalue weighted by Crippen LogP contribution is -2.32. The fourth-order valence-corrected chi connectivity index (χ4v) is 3.29. The second-order valence-corrected chi connectivity index (χ2v) is 7.89. The number of rotatable bonds is 5. The first kappa shape index (κ1) is 20.7. The molecule has 152 valence electrons. The number of primary sulfonamides is 1. The number of hydrogen-bond acceptors (Lipinski definition) is 6. The zero-order valence-corrected chi connectivity index (χ0v) is 16.1. The number of primary amides is 1. The molecule has 0 saturated carbocycles. The molecule has 0 spiro atoms. The number of nitrogens with zero attached hydrogens (tertiary/aromatic N) is 2. The quantitative estimate of drug-likeness (QED) is 0.409. The van der Waals surface area contributed by atoms with Gasteiger partial charge in [0.2, 0.25) is 10.0 Å². The van der Waals surface area contributed by atoms with Gasteiger partial charge in [-0.15, -0.1) is 0 Å². The van der Waals surface area contributed by atoms with Crippen molar-refractivity contribution >= 4 is 27.7 Å². The fourth-order valence-electron chi connectivity index (χ4n) is 2.60. The summed E-state index contributed by atoms with van der Waals surface area (Å²) in [7, 11) is -3.91. The first-order valence-electron chi connectivity index (χ1n) is 7.91. The normalized spacial score (nSPS) is 11.4. The molecule has 0 bridgehead atoms. The van der Waals surface area contributed by atoms with Gasteiger partial charge < -0.3 is 10.3 Å². The maximum atomic E-state index is 13.5. The summed E-state index contributed by atoms with van der Waals surface area (Å²) >= 11 is 5.84. The summed E-state index contributed by atoms with van der Waals surface area (Å²) in [5.74, 6) is -0.585. The van der Waals surface area contributed by atoms with Crippen LogP contribution in [0.25, 0.3) is 22.4 Å². The van der Waals surface area contributed by atoms with Gasteiger partial charge in [0.15, 0.2) is 5.76 Å². The van der Waals surface area contributed by atoms with Crippen molar-refractivity contribution in [2.45, 2.75) is 11.4 Å². The Kier molecular flexibility index (Phi) is 5.57. The van der Waals surface area contributed by atoms with Gasteiger partial charge in [0, 0.05) is 5.56 Å². The summed E-state index contributed by atoms with van der Waals surface area (Å²) in [6.07, 6.45) is 0. The molecule has 0 fully saturated rings. The SMILES string of the molecule is NC(=O)N(O)Cc1onc(-c2ccc(F)c(Cl)c2)c1-c1ccc(S(N)(=O)=O)cc1. The lowest BCUT2D eigenvalue weighted by molar-refractivity contribution is -0.0521. The average molecular weight is 441 g/mol. The monoisotopic (exact) mass is 440 g/mol. The number of hydrogen-bond donors (Lipinski definition) is 3. The molecule has 0 aliphatic heterocycles. The zero-order valence-electron chi connectivity index (χ0n) is 14.5. The van der Waals surface area contributed by atoms with Gasteiger partial charge in [-0.2, -0.15) is 5.06 Å². The molecular weight excluding hydrogens is 427 g/mol. The Balaban J connectivity index is 2.16. The Morgan fingerprint density at radius 1 is 1.21 bits per heavy atom. The number of carbonyl (C=O) groups is 1. The van der Waals surface area contributed by atoms with E-state index >= 15 is 0 Å². The van der Waals surface area contributed by atoms with Crippen LogP contribution in [0, 0.1) is 5.82 Å². The van der Waals surface area contributed by atoms with E-state index in [0.717, 1.165) is 6.07 Å². The molecule has 0 atom stereocenters. The highest BCUT2D eigenvalue weighted by Gasteiger charge is 2.23. The Morgan fingerprint density at radius 3 is 2.38 bits per heavy atom. The van der Waals surface area contributed by atoms with Gasteiger partial charge in [0.05, 0.1) is 15.5 Å². The molecule has 0 saturated heterocycles. The standard InChI is InChI=1S/C17H14ClFN4O5S/c18-12-7-10(3-6-13(12)19)16-15(14(28-22-16)8-23(25)17(20)24)9-1-4-11(5-2-9)29(21,26)27/h1-7,25H,8H2,(H2,20,24)(H2,21,26,27). The zero-order chi connectivity index (χ0) is 21.3. The number of benzene rings is 2. The van der Waals surface area contributed by atoms with Gasteiger partial charge in [-0.05, 0) is 35.9 Å². The molecular formula is C17H14ClFN4O5S. The summed E-state index contributed by atoms with van der Waals surface area (Å²) in [5, 5.41) is 18.8. The fraction of sp³-hybridized carbons (Fsp3) is 0.0588. The second kappa shape index (κ2) is 7.79. The topological polar surface area (TPSA) is 153 Å². The number of amides is 2. The van der Waals surface area contributed by atoms with Crippen molar-refractivity contribution in [3.05, 3.63) is 59.1 Å². The molecule has 0 aliphatic rings. The Hall–Kier alpha value is -2.99. The summed E-state index contributed by atoms with van der Waals surface area (Å²) in [5.41, 5.74) is 6.39. The number of aromatic nitrogens is 1. The first-order chi connectivity index (χ1) is 13.6. The largest absolute Gasteiger partial charge is 0.358 e. The van der Waals surface area contributed by atoms with Crippen molar-refractivity contribution in [1.82, 2.24) is 10.2 Å². The predicted molar refractivity (Wildman–Crippen MR) is 101 cm³/mol. The summed E-state index contributed by atoms with van der Waals surface area (Å²) in [6.45, 7) is -0.441. The van der Waals surface area contributed by atoms with Gasteiger partial charge in [0.25, 0.3) is 0 Å². The number of urea groups is 1. The number of carbonyl (C=O) groups excluding carboxylic acids is 1. The van der Waals surface area contributed by atoms with E-state index < -0.39 is 28.4 Å². The highest BCUT2D eigenvalue weighted by Crippen LogP contribution is 2.36. The lowest BCUT2D eigenvalue weighted by atomic mass is 9.99. The number of sulfonamides is 1. The van der Waals surface area contributed by atoms with E-state index in [9.17, 15) is 22.8 Å². The van der Waals surface area contributed by atoms with Crippen molar-refractivity contribution in [3.8, 4) is 22.4 Å². The van der Waals surface area contributed by atoms with Crippen LogP contribution in [0.15, 0.2) is 51.9 Å². The van der Waals surface area contributed by atoms with Crippen LogP contribution >= 0.6 is 11.6 Å². The van der Waals surface area contributed by atoms with E-state index in [0.29, 0.717) is 16.7 Å². The van der Waals surface area contributed by atoms with E-state index in [4.69, 9.17) is 27.0 Å². The number of nitrogens with two attached hydrogens (primary N) is 2. The minimum Gasteiger partial charge on any atom is -0.358 e. The molecule has 29 heavy (non-hydrogen) atoms. The van der Waals surface area contributed by atoms with Gasteiger partial charge in [0.1, 0.15) is 18.1 Å². The maximum Gasteiger partial charge on any atom is 0.338 e. The summed E-state index contributed by atoms with van der Waals surface area (Å²) < 4.78 is 41.7. The Morgan fingerprint density at radius 2 is 1.83 bits per heavy atom. The van der Waals surface area contributed by atoms with Crippen LogP contribution in [0.5, 0.6) is 0 Å². The van der Waals surface area contributed by atoms with Gasteiger partial charge >= 0.3 is 6.03 Å². The molecule has 3 rings (SSSR count). The van der Waals surface area contributed by atoms with E-state index in [1.165, 1.54) is 36.4 Å². The molecule has 2 aromatic carbocycles. The number of halogens is 2. The first-order valence-corrected chi connectivity index (χ1v) is 9.83. The van der Waals surface area contributed by atoms with Gasteiger partial charge in [-0.25, -0.2) is 22.7 Å². The predicted octanol–water partition coefficient (Wildman–Crippen LogP) is 2.72. The Bertz CT molecular complexity index is 1180. The van der Waals surface area contributed by atoms with Crippen LogP contribution in [0.3, 0.4) is 0 Å². The van der Waals surface area contributed by atoms with Crippen molar-refractivity contribution in [2.24, 2.45) is 10.9 Å². The highest BCUT2D eigenvalue weighted by atomic mass is 35.5. The van der Waals surface area contributed by atoms with E-state index in [2.05, 4.69) is 5.16 Å². The molecule has 1 heterocycles. The molecule has 9 nitrogen and oxygen atoms in total. The van der Waals surface area contributed by atoms with Crippen LogP contribution < -0.4 is 10.9 Å². The minimum atomic E-state index is -3.91. The third-order valence-corrected chi connectivity index (χ3v) is 5.19. The smallest absolute Gasteiger partial charge is 0.338 e.